The molecule has 41 heavy (non-hydrogen) atoms. The third kappa shape index (κ3) is 11.6. The van der Waals surface area contributed by atoms with E-state index < -0.39 is 58.3 Å². The summed E-state index contributed by atoms with van der Waals surface area (Å²) in [6.07, 6.45) is -0.776. The van der Waals surface area contributed by atoms with Crippen molar-refractivity contribution in [3.05, 3.63) is 0 Å². The van der Waals surface area contributed by atoms with Gasteiger partial charge in [0.15, 0.2) is 0 Å². The Kier molecular flexibility index (Phi) is 11.9. The molecule has 15 heteroatoms. The van der Waals surface area contributed by atoms with Crippen LogP contribution < -0.4 is 0 Å². The van der Waals surface area contributed by atoms with Crippen LogP contribution in [0.3, 0.4) is 0 Å². The van der Waals surface area contributed by atoms with Crippen LogP contribution in [0.5, 0.6) is 0 Å². The second kappa shape index (κ2) is 14.7. The van der Waals surface area contributed by atoms with Gasteiger partial charge in [0.2, 0.25) is 0 Å². The predicted octanol–water partition coefficient (Wildman–Crippen LogP) is 0.917. The first-order valence-electron chi connectivity index (χ1n) is 13.1. The van der Waals surface area contributed by atoms with Crippen molar-refractivity contribution in [3.63, 3.8) is 0 Å². The van der Waals surface area contributed by atoms with Crippen molar-refractivity contribution in [3.8, 4) is 0 Å². The van der Waals surface area contributed by atoms with E-state index in [0.717, 1.165) is 0 Å². The van der Waals surface area contributed by atoms with Gasteiger partial charge in [-0.2, -0.15) is 0 Å². The minimum absolute atomic E-state index is 0.0166. The summed E-state index contributed by atoms with van der Waals surface area (Å²) in [6.45, 7) is 6.41. The van der Waals surface area contributed by atoms with Crippen molar-refractivity contribution in [2.45, 2.75) is 79.1 Å². The lowest BCUT2D eigenvalue weighted by Crippen LogP contribution is -2.34. The number of hydrogen-bond acceptors (Lipinski definition) is 13. The van der Waals surface area contributed by atoms with Gasteiger partial charge in [-0.3, -0.25) is 28.8 Å². The molecule has 15 nitrogen and oxygen atoms in total. The quantitative estimate of drug-likeness (QED) is 0.142. The molecule has 4 amide bonds. The number of imide groups is 2. The number of amides is 4. The van der Waals surface area contributed by atoms with E-state index in [1.165, 1.54) is 0 Å². The van der Waals surface area contributed by atoms with E-state index >= 15 is 0 Å². The molecule has 0 aromatic carbocycles. The summed E-state index contributed by atoms with van der Waals surface area (Å²) in [4.78, 5) is 104. The summed E-state index contributed by atoms with van der Waals surface area (Å²) >= 11 is 0. The third-order valence-corrected chi connectivity index (χ3v) is 5.87. The van der Waals surface area contributed by atoms with Gasteiger partial charge in [0.05, 0.1) is 38.9 Å². The van der Waals surface area contributed by atoms with Crippen LogP contribution in [0.2, 0.25) is 0 Å². The fourth-order valence-corrected chi connectivity index (χ4v) is 3.90. The zero-order valence-electron chi connectivity index (χ0n) is 23.7. The highest BCUT2D eigenvalue weighted by atomic mass is 16.7. The topological polar surface area (TPSA) is 189 Å². The Balaban J connectivity index is 1.55. The first kappa shape index (κ1) is 33.3. The van der Waals surface area contributed by atoms with Crippen molar-refractivity contribution in [1.29, 1.82) is 0 Å². The van der Waals surface area contributed by atoms with Crippen LogP contribution in [0.15, 0.2) is 0 Å². The molecule has 0 aliphatic carbocycles. The molecular weight excluding hydrogens is 548 g/mol. The van der Waals surface area contributed by atoms with Gasteiger partial charge < -0.3 is 23.9 Å². The van der Waals surface area contributed by atoms with Crippen LogP contribution in [0.1, 0.15) is 79.1 Å². The molecule has 0 aromatic rings. The molecule has 0 saturated carbocycles. The fraction of sp³-hybridized carbons (Fsp3) is 0.692. The summed E-state index contributed by atoms with van der Waals surface area (Å²) in [7, 11) is 0. The van der Waals surface area contributed by atoms with Crippen molar-refractivity contribution < 1.29 is 62.2 Å². The Morgan fingerprint density at radius 3 is 1.15 bits per heavy atom. The van der Waals surface area contributed by atoms with Crippen molar-refractivity contribution in [2.75, 3.05) is 26.4 Å². The second-order valence-electron chi connectivity index (χ2n) is 11.2. The number of carbonyl (C=O) groups is 8. The minimum atomic E-state index is -0.859. The average molecular weight is 585 g/mol. The van der Waals surface area contributed by atoms with E-state index in [1.54, 1.807) is 27.7 Å². The first-order chi connectivity index (χ1) is 19.1. The Labute approximate surface area is 236 Å². The molecule has 228 valence electrons. The monoisotopic (exact) mass is 584 g/mol. The zero-order chi connectivity index (χ0) is 30.8. The number of esters is 2. The molecule has 0 N–H and O–H groups in total. The van der Waals surface area contributed by atoms with Gasteiger partial charge in [-0.25, -0.2) is 9.59 Å². The fourth-order valence-electron chi connectivity index (χ4n) is 3.90. The molecule has 0 bridgehead atoms. The maximum absolute atomic E-state index is 12.1. The minimum Gasteiger partial charge on any atom is -0.463 e. The van der Waals surface area contributed by atoms with Crippen LogP contribution in [0.25, 0.3) is 0 Å². The molecule has 2 aliphatic rings. The molecule has 2 rings (SSSR count). The molecule has 2 saturated heterocycles. The number of nitrogens with zero attached hydrogens (tertiary/aromatic N) is 2. The lowest BCUT2D eigenvalue weighted by atomic mass is 9.86. The van der Waals surface area contributed by atoms with Gasteiger partial charge >= 0.3 is 23.9 Å². The van der Waals surface area contributed by atoms with E-state index in [0.29, 0.717) is 10.1 Å². The molecule has 0 radical (unpaired) electrons. The van der Waals surface area contributed by atoms with Crippen LogP contribution >= 0.6 is 0 Å². The largest absolute Gasteiger partial charge is 0.463 e. The van der Waals surface area contributed by atoms with E-state index in [1.807, 2.05) is 0 Å². The zero-order valence-corrected chi connectivity index (χ0v) is 23.7. The molecule has 2 fully saturated rings. The summed E-state index contributed by atoms with van der Waals surface area (Å²) in [5, 5.41) is 0.902. The highest BCUT2D eigenvalue weighted by Crippen LogP contribution is 2.28. The van der Waals surface area contributed by atoms with Gasteiger partial charge in [0.25, 0.3) is 23.6 Å². The van der Waals surface area contributed by atoms with Crippen LogP contribution in [0.4, 0.5) is 0 Å². The summed E-state index contributed by atoms with van der Waals surface area (Å²) in [5.74, 6) is -5.18. The molecule has 0 spiro atoms. The second-order valence-corrected chi connectivity index (χ2v) is 11.2. The molecule has 0 aromatic heterocycles. The summed E-state index contributed by atoms with van der Waals surface area (Å²) < 4.78 is 15.4. The molecule has 2 heterocycles. The van der Waals surface area contributed by atoms with E-state index in [-0.39, 0.29) is 77.8 Å². The first-order valence-corrected chi connectivity index (χ1v) is 13.1. The Morgan fingerprint density at radius 2 is 0.829 bits per heavy atom. The Bertz CT molecular complexity index is 952. The van der Waals surface area contributed by atoms with E-state index in [9.17, 15) is 38.4 Å². The molecule has 0 unspecified atom stereocenters. The molecule has 0 atom stereocenters. The highest BCUT2D eigenvalue weighted by Gasteiger charge is 2.36. The van der Waals surface area contributed by atoms with Crippen LogP contribution in [0, 0.1) is 10.8 Å². The highest BCUT2D eigenvalue weighted by molar-refractivity contribution is 6.02. The smallest absolute Gasteiger partial charge is 0.333 e. The Hall–Kier alpha value is -3.88. The van der Waals surface area contributed by atoms with Gasteiger partial charge in [-0.15, -0.1) is 10.1 Å². The molecular formula is C26H36N2O13. The van der Waals surface area contributed by atoms with Crippen molar-refractivity contribution in [2.24, 2.45) is 10.8 Å². The lowest BCUT2D eigenvalue weighted by molar-refractivity contribution is -0.199. The maximum atomic E-state index is 12.1. The maximum Gasteiger partial charge on any atom is 0.333 e. The van der Waals surface area contributed by atoms with Crippen molar-refractivity contribution in [1.82, 2.24) is 10.1 Å². The lowest BCUT2D eigenvalue weighted by Gasteiger charge is -2.23. The summed E-state index contributed by atoms with van der Waals surface area (Å²) in [5.41, 5.74) is -1.72. The van der Waals surface area contributed by atoms with Crippen LogP contribution in [-0.2, 0) is 62.2 Å². The van der Waals surface area contributed by atoms with E-state index in [2.05, 4.69) is 0 Å². The normalized spacial score (nSPS) is 15.8. The van der Waals surface area contributed by atoms with Crippen molar-refractivity contribution >= 4 is 47.5 Å². The Morgan fingerprint density at radius 1 is 0.537 bits per heavy atom. The van der Waals surface area contributed by atoms with Gasteiger partial charge in [0, 0.05) is 25.7 Å². The predicted molar refractivity (Wildman–Crippen MR) is 133 cm³/mol. The number of hydroxylamine groups is 4. The number of carbonyl (C=O) groups excluding carboxylic acids is 8. The standard InChI is InChI=1S/C26H36N2O13/c1-25(2,15-23(35)40-27-17(29)5-6-18(27)30)13-21(33)38-11-9-37-10-12-39-22(34)14-26(3,4)16-24(36)41-28-19(31)7-8-20(28)32/h5-16H2,1-4H3. The SMILES string of the molecule is CC(C)(CC(=O)OCCOCCOC(=O)CC(C)(C)CC(=O)ON1C(=O)CCC1=O)CC(=O)ON1C(=O)CCC1=O. The van der Waals surface area contributed by atoms with E-state index in [4.69, 9.17) is 23.9 Å². The third-order valence-electron chi connectivity index (χ3n) is 5.87. The average Bonchev–Trinajstić information content (AvgIpc) is 3.32. The van der Waals surface area contributed by atoms with Gasteiger partial charge in [0.1, 0.15) is 13.2 Å². The summed E-state index contributed by atoms with van der Waals surface area (Å²) in [6, 6.07) is 0. The number of hydrogen-bond donors (Lipinski definition) is 0. The number of ether oxygens (including phenoxy) is 3. The van der Waals surface area contributed by atoms with Crippen LogP contribution in [-0.4, -0.2) is 84.1 Å². The van der Waals surface area contributed by atoms with Gasteiger partial charge in [-0.1, -0.05) is 27.7 Å². The molecule has 2 aliphatic heterocycles. The van der Waals surface area contributed by atoms with Gasteiger partial charge in [-0.05, 0) is 10.8 Å². The number of rotatable bonds is 16.